The molecule has 2 N–H and O–H groups in total. The number of aliphatic carboxylic acids is 1. The van der Waals surface area contributed by atoms with Gasteiger partial charge in [0.15, 0.2) is 0 Å². The molecule has 14 heavy (non-hydrogen) atoms. The van der Waals surface area contributed by atoms with Crippen LogP contribution in [0.5, 0.6) is 0 Å². The van der Waals surface area contributed by atoms with Crippen molar-refractivity contribution in [3.8, 4) is 0 Å². The number of fused-ring (bicyclic) bond motifs is 1. The summed E-state index contributed by atoms with van der Waals surface area (Å²) in [7, 11) is 0. The normalized spacial score (nSPS) is 14.0. The van der Waals surface area contributed by atoms with Gasteiger partial charge in [-0.1, -0.05) is 0 Å². The number of nitrogens with zero attached hydrogens (tertiary/aromatic N) is 1. The number of carbonyl (C=O) groups is 1. The highest BCUT2D eigenvalue weighted by Gasteiger charge is 2.19. The van der Waals surface area contributed by atoms with E-state index in [2.05, 4.69) is 9.97 Å². The summed E-state index contributed by atoms with van der Waals surface area (Å²) in [4.78, 5) is 27.6. The van der Waals surface area contributed by atoms with Crippen molar-refractivity contribution in [1.82, 2.24) is 9.97 Å². The lowest BCUT2D eigenvalue weighted by atomic mass is 10.1. The minimum absolute atomic E-state index is 0.240. The summed E-state index contributed by atoms with van der Waals surface area (Å²) in [5.74, 6) is -1.00. The molecule has 0 spiro atoms. The van der Waals surface area contributed by atoms with Crippen molar-refractivity contribution >= 4 is 5.97 Å². The highest BCUT2D eigenvalue weighted by molar-refractivity contribution is 5.70. The topological polar surface area (TPSA) is 92.3 Å². The molecule has 0 radical (unpaired) electrons. The van der Waals surface area contributed by atoms with Gasteiger partial charge in [0.25, 0.3) is 0 Å². The van der Waals surface area contributed by atoms with Crippen LogP contribution in [0, 0.1) is 0 Å². The van der Waals surface area contributed by atoms with E-state index in [9.17, 15) is 9.59 Å². The monoisotopic (exact) mass is 196 g/mol. The van der Waals surface area contributed by atoms with Crippen molar-refractivity contribution in [3.63, 3.8) is 0 Å². The van der Waals surface area contributed by atoms with Crippen LogP contribution in [0.25, 0.3) is 0 Å². The molecule has 0 amide bonds. The molecule has 6 nitrogen and oxygen atoms in total. The summed E-state index contributed by atoms with van der Waals surface area (Å²) >= 11 is 0. The first-order valence-corrected chi connectivity index (χ1v) is 4.07. The number of hydrogen-bond donors (Lipinski definition) is 2. The molecule has 6 heteroatoms. The van der Waals surface area contributed by atoms with Crippen LogP contribution >= 0.6 is 0 Å². The van der Waals surface area contributed by atoms with Gasteiger partial charge in [0, 0.05) is 5.56 Å². The van der Waals surface area contributed by atoms with Gasteiger partial charge in [0.2, 0.25) is 0 Å². The maximum atomic E-state index is 11.0. The first-order chi connectivity index (χ1) is 6.66. The van der Waals surface area contributed by atoms with Crippen LogP contribution in [-0.2, 0) is 29.2 Å². The van der Waals surface area contributed by atoms with Crippen LogP contribution in [0.3, 0.4) is 0 Å². The third-order valence-electron chi connectivity index (χ3n) is 2.02. The number of carboxylic acids is 1. The number of hydrogen-bond acceptors (Lipinski definition) is 4. The van der Waals surface area contributed by atoms with Crippen molar-refractivity contribution < 1.29 is 14.6 Å². The predicted octanol–water partition coefficient (Wildman–Crippen LogP) is -0.573. The highest BCUT2D eigenvalue weighted by atomic mass is 16.5. The second kappa shape index (κ2) is 3.22. The van der Waals surface area contributed by atoms with Crippen molar-refractivity contribution in [2.75, 3.05) is 0 Å². The number of nitrogens with one attached hydrogen (secondary N) is 1. The number of aromatic amines is 1. The van der Waals surface area contributed by atoms with Crippen LogP contribution in [0.2, 0.25) is 0 Å². The fourth-order valence-electron chi connectivity index (χ4n) is 1.43. The van der Waals surface area contributed by atoms with Crippen molar-refractivity contribution in [2.45, 2.75) is 19.6 Å². The molecule has 74 valence electrons. The summed E-state index contributed by atoms with van der Waals surface area (Å²) < 4.78 is 5.09. The SMILES string of the molecule is O=C(O)Cc1nc(=O)[nH]c2c1COC2. The standard InChI is InChI=1S/C8H8N2O4/c11-7(12)1-5-4-2-14-3-6(4)10-8(13)9-5/h1-3H2,(H,11,12)(H,9,10,13). The molecular formula is C8H8N2O4. The Kier molecular flexibility index (Phi) is 2.05. The predicted molar refractivity (Wildman–Crippen MR) is 44.7 cm³/mol. The molecule has 2 heterocycles. The van der Waals surface area contributed by atoms with E-state index in [1.807, 2.05) is 0 Å². The molecule has 0 atom stereocenters. The van der Waals surface area contributed by atoms with E-state index in [0.29, 0.717) is 30.2 Å². The van der Waals surface area contributed by atoms with Gasteiger partial charge in [-0.2, -0.15) is 4.98 Å². The van der Waals surface area contributed by atoms with E-state index in [1.165, 1.54) is 0 Å². The van der Waals surface area contributed by atoms with Gasteiger partial charge in [0.1, 0.15) is 0 Å². The summed E-state index contributed by atoms with van der Waals surface area (Å²) in [5, 5.41) is 8.60. The Bertz CT molecular complexity index is 437. The Hall–Kier alpha value is -1.69. The first-order valence-electron chi connectivity index (χ1n) is 4.07. The molecule has 0 fully saturated rings. The average Bonchev–Trinajstić information content (AvgIpc) is 2.50. The van der Waals surface area contributed by atoms with Crippen LogP contribution in [0.4, 0.5) is 0 Å². The van der Waals surface area contributed by atoms with Gasteiger partial charge in [0.05, 0.1) is 31.0 Å². The molecule has 1 aliphatic heterocycles. The van der Waals surface area contributed by atoms with Gasteiger partial charge in [-0.15, -0.1) is 0 Å². The van der Waals surface area contributed by atoms with E-state index in [0.717, 1.165) is 0 Å². The zero-order chi connectivity index (χ0) is 10.1. The lowest BCUT2D eigenvalue weighted by molar-refractivity contribution is -0.136. The molecular weight excluding hydrogens is 188 g/mol. The third kappa shape index (κ3) is 1.51. The van der Waals surface area contributed by atoms with Crippen molar-refractivity contribution in [3.05, 3.63) is 27.4 Å². The Labute approximate surface area is 78.6 Å². The number of ether oxygens (including phenoxy) is 1. The molecule has 1 aliphatic rings. The number of H-pyrrole nitrogens is 1. The molecule has 0 unspecified atom stereocenters. The lowest BCUT2D eigenvalue weighted by Gasteiger charge is -2.01. The van der Waals surface area contributed by atoms with Gasteiger partial charge < -0.3 is 14.8 Å². The van der Waals surface area contributed by atoms with E-state index in [-0.39, 0.29) is 6.42 Å². The summed E-state index contributed by atoms with van der Waals surface area (Å²) in [5.41, 5.74) is 1.12. The van der Waals surface area contributed by atoms with E-state index in [1.54, 1.807) is 0 Å². The summed E-state index contributed by atoms with van der Waals surface area (Å²) in [6, 6.07) is 0. The minimum atomic E-state index is -1.00. The molecule has 0 aromatic carbocycles. The number of carboxylic acid groups (broad SMARTS) is 1. The molecule has 0 saturated carbocycles. The van der Waals surface area contributed by atoms with E-state index in [4.69, 9.17) is 9.84 Å². The van der Waals surface area contributed by atoms with Crippen molar-refractivity contribution in [1.29, 1.82) is 0 Å². The Balaban J connectivity index is 2.48. The Morgan fingerprint density at radius 3 is 3.07 bits per heavy atom. The van der Waals surface area contributed by atoms with Crippen LogP contribution < -0.4 is 5.69 Å². The van der Waals surface area contributed by atoms with Gasteiger partial charge in [-0.25, -0.2) is 4.79 Å². The molecule has 2 rings (SSSR count). The number of aromatic nitrogens is 2. The molecule has 0 bridgehead atoms. The Morgan fingerprint density at radius 1 is 1.57 bits per heavy atom. The average molecular weight is 196 g/mol. The molecule has 1 aromatic heterocycles. The van der Waals surface area contributed by atoms with Crippen LogP contribution in [0.15, 0.2) is 4.79 Å². The lowest BCUT2D eigenvalue weighted by Crippen LogP contribution is -2.18. The highest BCUT2D eigenvalue weighted by Crippen LogP contribution is 2.18. The van der Waals surface area contributed by atoms with E-state index < -0.39 is 11.7 Å². The number of rotatable bonds is 2. The maximum Gasteiger partial charge on any atom is 0.345 e. The summed E-state index contributed by atoms with van der Waals surface area (Å²) in [6.45, 7) is 0.640. The Morgan fingerprint density at radius 2 is 2.36 bits per heavy atom. The minimum Gasteiger partial charge on any atom is -0.481 e. The summed E-state index contributed by atoms with van der Waals surface area (Å²) in [6.07, 6.45) is -0.240. The van der Waals surface area contributed by atoms with Crippen LogP contribution in [0.1, 0.15) is 17.0 Å². The quantitative estimate of drug-likeness (QED) is 0.660. The van der Waals surface area contributed by atoms with Crippen LogP contribution in [-0.4, -0.2) is 21.0 Å². The molecule has 0 saturated heterocycles. The second-order valence-corrected chi connectivity index (χ2v) is 3.01. The first kappa shape index (κ1) is 8.89. The molecule has 1 aromatic rings. The van der Waals surface area contributed by atoms with Gasteiger partial charge in [-0.3, -0.25) is 4.79 Å². The molecule has 0 aliphatic carbocycles. The fourth-order valence-corrected chi connectivity index (χ4v) is 1.43. The van der Waals surface area contributed by atoms with Gasteiger partial charge >= 0.3 is 11.7 Å². The fraction of sp³-hybridized carbons (Fsp3) is 0.375. The zero-order valence-corrected chi connectivity index (χ0v) is 7.24. The van der Waals surface area contributed by atoms with Gasteiger partial charge in [-0.05, 0) is 0 Å². The maximum absolute atomic E-state index is 11.0. The largest absolute Gasteiger partial charge is 0.481 e. The third-order valence-corrected chi connectivity index (χ3v) is 2.02. The second-order valence-electron chi connectivity index (χ2n) is 3.01. The van der Waals surface area contributed by atoms with Crippen molar-refractivity contribution in [2.24, 2.45) is 0 Å². The van der Waals surface area contributed by atoms with E-state index >= 15 is 0 Å². The smallest absolute Gasteiger partial charge is 0.345 e. The zero-order valence-electron chi connectivity index (χ0n) is 7.24.